The second-order valence-corrected chi connectivity index (χ2v) is 14.3. The normalized spacial score (nSPS) is 45.8. The Morgan fingerprint density at radius 1 is 1.03 bits per heavy atom. The van der Waals surface area contributed by atoms with Crippen molar-refractivity contribution in [3.05, 3.63) is 11.6 Å². The molecule has 0 aromatic rings. The second-order valence-electron chi connectivity index (χ2n) is 13.1. The lowest BCUT2D eigenvalue weighted by Gasteiger charge is -2.63. The van der Waals surface area contributed by atoms with E-state index in [2.05, 4.69) is 40.7 Å². The third kappa shape index (κ3) is 4.38. The average Bonchev–Trinajstić information content (AvgIpc) is 3.10. The minimum absolute atomic E-state index is 0.0271. The maximum Gasteiger partial charge on any atom is 0.0884 e. The molecule has 4 heteroatoms. The molecule has 33 heavy (non-hydrogen) atoms. The van der Waals surface area contributed by atoms with Gasteiger partial charge in [-0.05, 0) is 73.5 Å². The van der Waals surface area contributed by atoms with Crippen molar-refractivity contribution in [2.45, 2.75) is 116 Å². The summed E-state index contributed by atoms with van der Waals surface area (Å²) in [6.45, 7) is 12.3. The van der Waals surface area contributed by atoms with Crippen LogP contribution in [0.1, 0.15) is 98.8 Å². The fraction of sp³-hybridized carbons (Fsp3) is 0.931. The smallest absolute Gasteiger partial charge is 0.0884 e. The van der Waals surface area contributed by atoms with Crippen molar-refractivity contribution in [1.82, 2.24) is 0 Å². The van der Waals surface area contributed by atoms with Crippen LogP contribution in [0, 0.1) is 40.4 Å². The van der Waals surface area contributed by atoms with E-state index in [9.17, 15) is 15.3 Å². The number of hydrogen-bond acceptors (Lipinski definition) is 4. The highest BCUT2D eigenvalue weighted by atomic mass is 32.2. The van der Waals surface area contributed by atoms with Gasteiger partial charge in [0, 0.05) is 17.6 Å². The number of thioether (sulfide) groups is 1. The van der Waals surface area contributed by atoms with Crippen LogP contribution in [0.4, 0.5) is 0 Å². The summed E-state index contributed by atoms with van der Waals surface area (Å²) in [7, 11) is 0. The first-order valence-corrected chi connectivity index (χ1v) is 15.0. The molecule has 3 fully saturated rings. The maximum atomic E-state index is 12.1. The predicted octanol–water partition coefficient (Wildman–Crippen LogP) is 6.21. The van der Waals surface area contributed by atoms with Gasteiger partial charge in [0.15, 0.2) is 0 Å². The number of hydrogen-bond donors (Lipinski definition) is 3. The van der Waals surface area contributed by atoms with Gasteiger partial charge in [-0.2, -0.15) is 0 Å². The Labute approximate surface area is 207 Å². The standard InChI is InChI=1S/C29H50O3S/c1-19(2)7-6-8-20(3)23-9-10-24-22-17-26(33-16-15-30)29(32)18-21(31)11-14-28(29,5)25(22)12-13-27(23,24)4/h17,19-21,23-26,30-32H,6-16,18H2,1-5H3/t20-,21+,23-,24+,25+,26+,27-,28-,29-/m1/s1. The van der Waals surface area contributed by atoms with Crippen LogP contribution in [-0.4, -0.2) is 44.6 Å². The van der Waals surface area contributed by atoms with Gasteiger partial charge in [0.25, 0.3) is 0 Å². The zero-order valence-electron chi connectivity index (χ0n) is 21.9. The van der Waals surface area contributed by atoms with Crippen molar-refractivity contribution in [2.75, 3.05) is 12.4 Å². The highest BCUT2D eigenvalue weighted by Crippen LogP contribution is 2.68. The van der Waals surface area contributed by atoms with Crippen molar-refractivity contribution in [2.24, 2.45) is 40.4 Å². The van der Waals surface area contributed by atoms with Crippen molar-refractivity contribution < 1.29 is 15.3 Å². The van der Waals surface area contributed by atoms with E-state index in [4.69, 9.17) is 0 Å². The lowest BCUT2D eigenvalue weighted by Crippen LogP contribution is -2.64. The largest absolute Gasteiger partial charge is 0.396 e. The van der Waals surface area contributed by atoms with Crippen LogP contribution in [-0.2, 0) is 0 Å². The monoisotopic (exact) mass is 478 g/mol. The van der Waals surface area contributed by atoms with Gasteiger partial charge in [-0.1, -0.05) is 65.5 Å². The molecule has 190 valence electrons. The van der Waals surface area contributed by atoms with Crippen LogP contribution < -0.4 is 0 Å². The van der Waals surface area contributed by atoms with Crippen molar-refractivity contribution in [3.8, 4) is 0 Å². The van der Waals surface area contributed by atoms with Gasteiger partial charge < -0.3 is 15.3 Å². The molecule has 0 amide bonds. The third-order valence-electron chi connectivity index (χ3n) is 10.8. The Balaban J connectivity index is 1.62. The Kier molecular flexibility index (Phi) is 7.73. The number of allylic oxidation sites excluding steroid dienone is 1. The fourth-order valence-electron chi connectivity index (χ4n) is 8.91. The molecule has 0 saturated heterocycles. The summed E-state index contributed by atoms with van der Waals surface area (Å²) < 4.78 is 0. The molecule has 4 aliphatic carbocycles. The lowest BCUT2D eigenvalue weighted by atomic mass is 9.46. The summed E-state index contributed by atoms with van der Waals surface area (Å²) in [6.07, 6.45) is 13.4. The summed E-state index contributed by atoms with van der Waals surface area (Å²) in [6, 6.07) is 0. The molecule has 3 nitrogen and oxygen atoms in total. The van der Waals surface area contributed by atoms with Crippen molar-refractivity contribution >= 4 is 11.8 Å². The van der Waals surface area contributed by atoms with E-state index in [1.807, 2.05) is 0 Å². The van der Waals surface area contributed by atoms with Crippen LogP contribution in [0.2, 0.25) is 0 Å². The molecule has 0 aliphatic heterocycles. The van der Waals surface area contributed by atoms with Gasteiger partial charge >= 0.3 is 0 Å². The molecular weight excluding hydrogens is 428 g/mol. The molecule has 0 unspecified atom stereocenters. The molecule has 0 aromatic heterocycles. The molecule has 3 saturated carbocycles. The van der Waals surface area contributed by atoms with Crippen molar-refractivity contribution in [1.29, 1.82) is 0 Å². The van der Waals surface area contributed by atoms with Crippen molar-refractivity contribution in [3.63, 3.8) is 0 Å². The van der Waals surface area contributed by atoms with Crippen LogP contribution in [0.5, 0.6) is 0 Å². The zero-order chi connectivity index (χ0) is 24.0. The molecule has 0 radical (unpaired) electrons. The van der Waals surface area contributed by atoms with E-state index in [-0.39, 0.29) is 17.3 Å². The van der Waals surface area contributed by atoms with Gasteiger partial charge in [0.2, 0.25) is 0 Å². The minimum atomic E-state index is -0.880. The first-order valence-electron chi connectivity index (χ1n) is 13.9. The summed E-state index contributed by atoms with van der Waals surface area (Å²) >= 11 is 1.70. The fourth-order valence-corrected chi connectivity index (χ4v) is 10.2. The number of aliphatic hydroxyl groups is 3. The highest BCUT2D eigenvalue weighted by Gasteiger charge is 2.64. The van der Waals surface area contributed by atoms with Gasteiger partial charge in [0.1, 0.15) is 0 Å². The summed E-state index contributed by atoms with van der Waals surface area (Å²) in [5.74, 6) is 4.12. The molecule has 9 atom stereocenters. The third-order valence-corrected chi connectivity index (χ3v) is 12.1. The molecule has 0 heterocycles. The van der Waals surface area contributed by atoms with Crippen LogP contribution in [0.25, 0.3) is 0 Å². The van der Waals surface area contributed by atoms with E-state index in [1.165, 1.54) is 44.9 Å². The summed E-state index contributed by atoms with van der Waals surface area (Å²) in [5.41, 5.74) is 0.964. The van der Waals surface area contributed by atoms with E-state index in [1.54, 1.807) is 17.3 Å². The maximum absolute atomic E-state index is 12.1. The SMILES string of the molecule is CC(C)CCC[C@@H](C)[C@H]1CC[C@H]2C3=C[C@H](SCCO)[C@]4(O)C[C@@H](O)CC[C@]4(C)[C@H]3CC[C@]12C. The van der Waals surface area contributed by atoms with Gasteiger partial charge in [-0.25, -0.2) is 0 Å². The zero-order valence-corrected chi connectivity index (χ0v) is 22.7. The van der Waals surface area contributed by atoms with E-state index < -0.39 is 11.7 Å². The molecule has 3 N–H and O–H groups in total. The first kappa shape index (κ1) is 26.0. The van der Waals surface area contributed by atoms with E-state index in [0.29, 0.717) is 29.4 Å². The Morgan fingerprint density at radius 2 is 1.79 bits per heavy atom. The van der Waals surface area contributed by atoms with Gasteiger partial charge in [0.05, 0.1) is 23.6 Å². The van der Waals surface area contributed by atoms with E-state index in [0.717, 1.165) is 30.6 Å². The lowest BCUT2D eigenvalue weighted by molar-refractivity contribution is -0.165. The molecular formula is C29H50O3S. The number of aliphatic hydroxyl groups excluding tert-OH is 2. The summed E-state index contributed by atoms with van der Waals surface area (Å²) in [5, 5.41) is 32.2. The predicted molar refractivity (Wildman–Crippen MR) is 139 cm³/mol. The molecule has 0 aromatic carbocycles. The topological polar surface area (TPSA) is 60.7 Å². The molecule has 0 spiro atoms. The first-order chi connectivity index (χ1) is 15.6. The van der Waals surface area contributed by atoms with Crippen LogP contribution >= 0.6 is 11.8 Å². The molecule has 4 aliphatic rings. The molecule has 0 bridgehead atoms. The number of rotatable bonds is 8. The van der Waals surface area contributed by atoms with E-state index >= 15 is 0 Å². The highest BCUT2D eigenvalue weighted by molar-refractivity contribution is 8.00. The van der Waals surface area contributed by atoms with Crippen LogP contribution in [0.3, 0.4) is 0 Å². The minimum Gasteiger partial charge on any atom is -0.396 e. The summed E-state index contributed by atoms with van der Waals surface area (Å²) in [4.78, 5) is 0. The Bertz CT molecular complexity index is 722. The quantitative estimate of drug-likeness (QED) is 0.363. The number of fused-ring (bicyclic) bond motifs is 5. The van der Waals surface area contributed by atoms with Gasteiger partial charge in [-0.3, -0.25) is 0 Å². The van der Waals surface area contributed by atoms with Crippen LogP contribution in [0.15, 0.2) is 11.6 Å². The Morgan fingerprint density at radius 3 is 2.48 bits per heavy atom. The van der Waals surface area contributed by atoms with Gasteiger partial charge in [-0.15, -0.1) is 11.8 Å². The Hall–Kier alpha value is -0.0300. The average molecular weight is 479 g/mol. The second kappa shape index (κ2) is 9.79. The molecule has 4 rings (SSSR count).